The zero-order valence-electron chi connectivity index (χ0n) is 17.4. The summed E-state index contributed by atoms with van der Waals surface area (Å²) in [5, 5.41) is 11.7. The van der Waals surface area contributed by atoms with Crippen LogP contribution in [-0.4, -0.2) is 17.3 Å². The van der Waals surface area contributed by atoms with E-state index in [-0.39, 0.29) is 23.2 Å². The maximum atomic E-state index is 13.8. The molecule has 0 bridgehead atoms. The lowest BCUT2D eigenvalue weighted by Gasteiger charge is -2.31. The zero-order valence-corrected chi connectivity index (χ0v) is 17.4. The molecule has 3 rings (SSSR count). The lowest BCUT2D eigenvalue weighted by atomic mass is 9.70. The molecule has 0 aliphatic rings. The van der Waals surface area contributed by atoms with Crippen molar-refractivity contribution < 1.29 is 9.72 Å². The molecular formula is C26H27NO3. The van der Waals surface area contributed by atoms with Crippen LogP contribution in [0.1, 0.15) is 52.2 Å². The van der Waals surface area contributed by atoms with Crippen LogP contribution in [0, 0.1) is 23.0 Å². The predicted octanol–water partition coefficient (Wildman–Crippen LogP) is 6.05. The first-order chi connectivity index (χ1) is 14.5. The molecule has 154 valence electrons. The number of carbonyl (C=O) groups excluding carboxylic acids is 1. The fourth-order valence-electron chi connectivity index (χ4n) is 4.24. The lowest BCUT2D eigenvalue weighted by Crippen LogP contribution is -2.32. The average Bonchev–Trinajstić information content (AvgIpc) is 2.77. The smallest absolute Gasteiger partial charge is 0.211 e. The normalized spacial score (nSPS) is 13.9. The summed E-state index contributed by atoms with van der Waals surface area (Å²) in [5.74, 6) is -1.21. The Morgan fingerprint density at radius 3 is 1.90 bits per heavy atom. The van der Waals surface area contributed by atoms with Gasteiger partial charge in [-0.3, -0.25) is 14.9 Å². The van der Waals surface area contributed by atoms with Crippen molar-refractivity contribution in [1.29, 1.82) is 0 Å². The average molecular weight is 402 g/mol. The molecule has 3 aromatic rings. The Balaban J connectivity index is 2.15. The van der Waals surface area contributed by atoms with Crippen LogP contribution in [0.4, 0.5) is 0 Å². The van der Waals surface area contributed by atoms with Crippen LogP contribution in [0.15, 0.2) is 84.9 Å². The highest BCUT2D eigenvalue weighted by molar-refractivity contribution is 5.99. The molecule has 0 heterocycles. The van der Waals surface area contributed by atoms with Gasteiger partial charge in [-0.1, -0.05) is 97.4 Å². The van der Waals surface area contributed by atoms with E-state index in [4.69, 9.17) is 0 Å². The molecule has 0 amide bonds. The highest BCUT2D eigenvalue weighted by Gasteiger charge is 2.39. The number of ketones is 1. The summed E-state index contributed by atoms with van der Waals surface area (Å²) in [7, 11) is 0. The third-order valence-electron chi connectivity index (χ3n) is 5.75. The highest BCUT2D eigenvalue weighted by atomic mass is 16.6. The van der Waals surface area contributed by atoms with Crippen molar-refractivity contribution in [2.75, 3.05) is 6.54 Å². The molecule has 0 spiro atoms. The molecule has 30 heavy (non-hydrogen) atoms. The van der Waals surface area contributed by atoms with Gasteiger partial charge in [-0.05, 0) is 30.4 Å². The van der Waals surface area contributed by atoms with Crippen LogP contribution in [0.5, 0.6) is 0 Å². The molecule has 0 saturated heterocycles. The Bertz CT molecular complexity index is 968. The van der Waals surface area contributed by atoms with E-state index in [1.54, 1.807) is 12.1 Å². The molecular weight excluding hydrogens is 374 g/mol. The van der Waals surface area contributed by atoms with Crippen LogP contribution in [0.3, 0.4) is 0 Å². The molecule has 3 atom stereocenters. The van der Waals surface area contributed by atoms with Crippen LogP contribution in [-0.2, 0) is 0 Å². The minimum atomic E-state index is -0.534. The van der Waals surface area contributed by atoms with Gasteiger partial charge in [0.1, 0.15) is 0 Å². The first-order valence-corrected chi connectivity index (χ1v) is 10.3. The van der Waals surface area contributed by atoms with E-state index in [2.05, 4.69) is 0 Å². The quantitative estimate of drug-likeness (QED) is 0.249. The topological polar surface area (TPSA) is 60.2 Å². The minimum Gasteiger partial charge on any atom is -0.294 e. The van der Waals surface area contributed by atoms with Gasteiger partial charge in [-0.15, -0.1) is 0 Å². The molecule has 4 heteroatoms. The monoisotopic (exact) mass is 401 g/mol. The number of hydrogen-bond acceptors (Lipinski definition) is 3. The molecule has 0 fully saturated rings. The molecule has 0 unspecified atom stereocenters. The van der Waals surface area contributed by atoms with Crippen molar-refractivity contribution in [3.63, 3.8) is 0 Å². The van der Waals surface area contributed by atoms with E-state index < -0.39 is 11.8 Å². The number of aryl methyl sites for hydroxylation is 1. The standard InChI is InChI=1S/C26H27NO3/c1-3-23(20-10-6-4-7-11-20)25(26(28)22-12-8-5-9-13-22)24(18-27(29)30)21-16-14-19(2)15-17-21/h4-17,23-25H,3,18H2,1-2H3/t23-,24+,25+/m1/s1. The molecule has 0 aliphatic heterocycles. The number of Topliss-reactive ketones (excluding diaryl/α,β-unsaturated/α-hetero) is 1. The summed E-state index contributed by atoms with van der Waals surface area (Å²) in [4.78, 5) is 25.1. The largest absolute Gasteiger partial charge is 0.294 e. The summed E-state index contributed by atoms with van der Waals surface area (Å²) in [6, 6.07) is 26.8. The van der Waals surface area contributed by atoms with Gasteiger partial charge in [0.25, 0.3) is 0 Å². The molecule has 3 aromatic carbocycles. The summed E-state index contributed by atoms with van der Waals surface area (Å²) in [6.45, 7) is 3.74. The third kappa shape index (κ3) is 5.01. The van der Waals surface area contributed by atoms with Crippen molar-refractivity contribution in [2.24, 2.45) is 5.92 Å². The third-order valence-corrected chi connectivity index (χ3v) is 5.75. The second-order valence-corrected chi connectivity index (χ2v) is 7.71. The maximum Gasteiger partial charge on any atom is 0.211 e. The van der Waals surface area contributed by atoms with E-state index in [1.807, 2.05) is 86.6 Å². The van der Waals surface area contributed by atoms with Gasteiger partial charge in [0.2, 0.25) is 6.54 Å². The fourth-order valence-corrected chi connectivity index (χ4v) is 4.24. The van der Waals surface area contributed by atoms with Crippen LogP contribution in [0.2, 0.25) is 0 Å². The summed E-state index contributed by atoms with van der Waals surface area (Å²) in [5.41, 5.74) is 3.55. The molecule has 0 saturated carbocycles. The summed E-state index contributed by atoms with van der Waals surface area (Å²) < 4.78 is 0. The highest BCUT2D eigenvalue weighted by Crippen LogP contribution is 2.40. The molecule has 0 radical (unpaired) electrons. The van der Waals surface area contributed by atoms with Crippen molar-refractivity contribution in [2.45, 2.75) is 32.1 Å². The van der Waals surface area contributed by atoms with Crippen molar-refractivity contribution in [3.8, 4) is 0 Å². The molecule has 0 N–H and O–H groups in total. The second-order valence-electron chi connectivity index (χ2n) is 7.71. The molecule has 0 aliphatic carbocycles. The van der Waals surface area contributed by atoms with E-state index in [9.17, 15) is 14.9 Å². The Morgan fingerprint density at radius 1 is 0.833 bits per heavy atom. The predicted molar refractivity (Wildman–Crippen MR) is 120 cm³/mol. The minimum absolute atomic E-state index is 0.0428. The Kier molecular flexibility index (Phi) is 7.12. The zero-order chi connectivity index (χ0) is 21.5. The van der Waals surface area contributed by atoms with Gasteiger partial charge in [0, 0.05) is 16.4 Å². The van der Waals surface area contributed by atoms with Gasteiger partial charge in [0.15, 0.2) is 5.78 Å². The van der Waals surface area contributed by atoms with Gasteiger partial charge in [-0.25, -0.2) is 0 Å². The van der Waals surface area contributed by atoms with Crippen LogP contribution >= 0.6 is 0 Å². The Hall–Kier alpha value is -3.27. The number of nitrogens with zero attached hydrogens (tertiary/aromatic N) is 1. The number of carbonyl (C=O) groups is 1. The van der Waals surface area contributed by atoms with Gasteiger partial charge in [-0.2, -0.15) is 0 Å². The number of nitro groups is 1. The molecule has 0 aromatic heterocycles. The van der Waals surface area contributed by atoms with E-state index in [0.29, 0.717) is 12.0 Å². The van der Waals surface area contributed by atoms with Crippen LogP contribution < -0.4 is 0 Å². The van der Waals surface area contributed by atoms with Crippen molar-refractivity contribution in [1.82, 2.24) is 0 Å². The Morgan fingerprint density at radius 2 is 1.37 bits per heavy atom. The van der Waals surface area contributed by atoms with E-state index >= 15 is 0 Å². The van der Waals surface area contributed by atoms with Gasteiger partial charge >= 0.3 is 0 Å². The van der Waals surface area contributed by atoms with Crippen LogP contribution in [0.25, 0.3) is 0 Å². The summed E-state index contributed by atoms with van der Waals surface area (Å²) >= 11 is 0. The SMILES string of the molecule is CC[C@H](c1ccccc1)[C@H](C(=O)c1ccccc1)[C@@H](C[N+](=O)[O-])c1ccc(C)cc1. The van der Waals surface area contributed by atoms with Gasteiger partial charge in [0.05, 0.1) is 5.92 Å². The van der Waals surface area contributed by atoms with E-state index in [1.165, 1.54) is 0 Å². The lowest BCUT2D eigenvalue weighted by molar-refractivity contribution is -0.484. The second kappa shape index (κ2) is 9.97. The first-order valence-electron chi connectivity index (χ1n) is 10.3. The molecule has 4 nitrogen and oxygen atoms in total. The summed E-state index contributed by atoms with van der Waals surface area (Å²) in [6.07, 6.45) is 0.716. The number of benzene rings is 3. The fraction of sp³-hybridized carbons (Fsp3) is 0.269. The van der Waals surface area contributed by atoms with Crippen molar-refractivity contribution >= 4 is 5.78 Å². The van der Waals surface area contributed by atoms with E-state index in [0.717, 1.165) is 16.7 Å². The number of hydrogen-bond donors (Lipinski definition) is 0. The first kappa shape index (κ1) is 21.4. The van der Waals surface area contributed by atoms with Crippen molar-refractivity contribution in [3.05, 3.63) is 117 Å². The van der Waals surface area contributed by atoms with Gasteiger partial charge < -0.3 is 0 Å². The Labute approximate surface area is 177 Å². The number of rotatable bonds is 9. The maximum absolute atomic E-state index is 13.8.